The number of hydrogen-bond acceptors (Lipinski definition) is 4. The molecule has 0 aromatic carbocycles. The molecule has 98 valence electrons. The van der Waals surface area contributed by atoms with Gasteiger partial charge in [-0.15, -0.1) is 17.0 Å². The van der Waals surface area contributed by atoms with Gasteiger partial charge in [-0.3, -0.25) is 19.9 Å². The molecule has 0 saturated carbocycles. The van der Waals surface area contributed by atoms with E-state index in [-0.39, 0.29) is 47.8 Å². The van der Waals surface area contributed by atoms with Gasteiger partial charge < -0.3 is 9.64 Å². The third kappa shape index (κ3) is 4.33. The molecule has 1 rings (SSSR count). The molecule has 1 heterocycles. The number of halogens is 1. The second kappa shape index (κ2) is 7.26. The maximum absolute atomic E-state index is 11.4. The number of esters is 1. The first kappa shape index (κ1) is 15.9. The van der Waals surface area contributed by atoms with E-state index in [2.05, 4.69) is 0 Å². The molecular formula is C10H18BrN3O3. The van der Waals surface area contributed by atoms with E-state index in [4.69, 9.17) is 10.1 Å². The van der Waals surface area contributed by atoms with Gasteiger partial charge in [-0.25, -0.2) is 0 Å². The van der Waals surface area contributed by atoms with E-state index in [1.807, 2.05) is 0 Å². The minimum atomic E-state index is -0.256. The second-order valence-electron chi connectivity index (χ2n) is 3.63. The summed E-state index contributed by atoms with van der Waals surface area (Å²) in [5.41, 5.74) is 0. The Hall–Kier alpha value is -1.11. The van der Waals surface area contributed by atoms with Crippen LogP contribution in [0.5, 0.6) is 0 Å². The molecule has 0 unspecified atom stereocenters. The molecule has 1 amide bonds. The van der Waals surface area contributed by atoms with Crippen LogP contribution in [0.15, 0.2) is 0 Å². The Morgan fingerprint density at radius 2 is 2.18 bits per heavy atom. The molecule has 1 aliphatic rings. The molecule has 1 saturated heterocycles. The number of carbonyl (C=O) groups is 2. The lowest BCUT2D eigenvalue weighted by molar-refractivity contribution is -0.143. The van der Waals surface area contributed by atoms with E-state index in [0.717, 1.165) is 0 Å². The quantitative estimate of drug-likeness (QED) is 0.756. The molecule has 0 aliphatic carbocycles. The molecule has 0 atom stereocenters. The van der Waals surface area contributed by atoms with Gasteiger partial charge in [0.05, 0.1) is 13.2 Å². The zero-order chi connectivity index (χ0) is 12.1. The summed E-state index contributed by atoms with van der Waals surface area (Å²) in [5, 5.41) is 7.62. The molecular weight excluding hydrogens is 290 g/mol. The fourth-order valence-corrected chi connectivity index (χ4v) is 1.53. The first-order chi connectivity index (χ1) is 7.56. The highest BCUT2D eigenvalue weighted by Crippen LogP contribution is 2.08. The Morgan fingerprint density at radius 1 is 1.53 bits per heavy atom. The van der Waals surface area contributed by atoms with E-state index in [0.29, 0.717) is 19.6 Å². The Bertz CT molecular complexity index is 309. The molecule has 0 aromatic heterocycles. The SMILES string of the molecule is Br.CCOC(=O)CCCN1C(=N)N(C)CC1=O. The van der Waals surface area contributed by atoms with Crippen LogP contribution in [0, 0.1) is 5.41 Å². The van der Waals surface area contributed by atoms with Crippen LogP contribution in [0.2, 0.25) is 0 Å². The summed E-state index contributed by atoms with van der Waals surface area (Å²) in [4.78, 5) is 25.4. The van der Waals surface area contributed by atoms with Crippen LogP contribution in [0.1, 0.15) is 19.8 Å². The molecule has 0 radical (unpaired) electrons. The lowest BCUT2D eigenvalue weighted by atomic mass is 10.3. The topological polar surface area (TPSA) is 73.7 Å². The molecule has 7 heteroatoms. The number of guanidine groups is 1. The van der Waals surface area contributed by atoms with Gasteiger partial charge in [0.1, 0.15) is 0 Å². The molecule has 6 nitrogen and oxygen atoms in total. The van der Waals surface area contributed by atoms with E-state index in [9.17, 15) is 9.59 Å². The maximum atomic E-state index is 11.4. The van der Waals surface area contributed by atoms with Crippen LogP contribution in [0.3, 0.4) is 0 Å². The van der Waals surface area contributed by atoms with Crippen molar-refractivity contribution in [2.45, 2.75) is 19.8 Å². The third-order valence-electron chi connectivity index (χ3n) is 2.36. The van der Waals surface area contributed by atoms with Crippen molar-refractivity contribution in [1.29, 1.82) is 5.41 Å². The number of hydrogen-bond donors (Lipinski definition) is 1. The largest absolute Gasteiger partial charge is 0.466 e. The van der Waals surface area contributed by atoms with Crippen LogP contribution >= 0.6 is 17.0 Å². The standard InChI is InChI=1S/C10H17N3O3.BrH/c1-3-16-9(15)5-4-6-13-8(14)7-12(2)10(13)11;/h11H,3-7H2,1-2H3;1H. The Kier molecular flexibility index (Phi) is 6.79. The smallest absolute Gasteiger partial charge is 0.305 e. The van der Waals surface area contributed by atoms with Crippen LogP contribution in [0.4, 0.5) is 0 Å². The van der Waals surface area contributed by atoms with Gasteiger partial charge in [-0.1, -0.05) is 0 Å². The van der Waals surface area contributed by atoms with Crippen molar-refractivity contribution < 1.29 is 14.3 Å². The van der Waals surface area contributed by atoms with Crippen molar-refractivity contribution in [3.63, 3.8) is 0 Å². The predicted octanol–water partition coefficient (Wildman–Crippen LogP) is 0.616. The normalized spacial score (nSPS) is 14.9. The Labute approximate surface area is 111 Å². The van der Waals surface area contributed by atoms with Gasteiger partial charge in [-0.2, -0.15) is 0 Å². The summed E-state index contributed by atoms with van der Waals surface area (Å²) in [5.74, 6) is -0.140. The summed E-state index contributed by atoms with van der Waals surface area (Å²) in [6.07, 6.45) is 0.815. The van der Waals surface area contributed by atoms with Gasteiger partial charge in [0.2, 0.25) is 11.9 Å². The number of nitrogens with zero attached hydrogens (tertiary/aromatic N) is 2. The summed E-state index contributed by atoms with van der Waals surface area (Å²) in [6, 6.07) is 0. The average Bonchev–Trinajstić information content (AvgIpc) is 2.45. The molecule has 0 bridgehead atoms. The number of ether oxygens (including phenoxy) is 1. The summed E-state index contributed by atoms with van der Waals surface area (Å²) in [7, 11) is 1.70. The first-order valence-corrected chi connectivity index (χ1v) is 5.32. The van der Waals surface area contributed by atoms with E-state index in [1.165, 1.54) is 4.90 Å². The molecule has 1 N–H and O–H groups in total. The van der Waals surface area contributed by atoms with Gasteiger partial charge in [0.25, 0.3) is 0 Å². The predicted molar refractivity (Wildman–Crippen MR) is 68.3 cm³/mol. The minimum absolute atomic E-state index is 0. The summed E-state index contributed by atoms with van der Waals surface area (Å²) < 4.78 is 4.77. The van der Waals surface area contributed by atoms with Crippen LogP contribution in [0.25, 0.3) is 0 Å². The van der Waals surface area contributed by atoms with Crippen LogP contribution < -0.4 is 0 Å². The maximum Gasteiger partial charge on any atom is 0.305 e. The van der Waals surface area contributed by atoms with Crippen molar-refractivity contribution in [2.75, 3.05) is 26.7 Å². The number of carbonyl (C=O) groups excluding carboxylic acids is 2. The fraction of sp³-hybridized carbons (Fsp3) is 0.700. The molecule has 0 aromatic rings. The Balaban J connectivity index is 0.00000256. The van der Waals surface area contributed by atoms with Crippen molar-refractivity contribution in [3.05, 3.63) is 0 Å². The molecule has 1 fully saturated rings. The van der Waals surface area contributed by atoms with Gasteiger partial charge in [0.15, 0.2) is 0 Å². The minimum Gasteiger partial charge on any atom is -0.466 e. The van der Waals surface area contributed by atoms with E-state index in [1.54, 1.807) is 18.9 Å². The fourth-order valence-electron chi connectivity index (χ4n) is 1.53. The summed E-state index contributed by atoms with van der Waals surface area (Å²) in [6.45, 7) is 2.78. The number of nitrogens with one attached hydrogen (secondary N) is 1. The monoisotopic (exact) mass is 307 g/mol. The second-order valence-corrected chi connectivity index (χ2v) is 3.63. The number of likely N-dealkylation sites (N-methyl/N-ethyl adjacent to an activating group) is 1. The van der Waals surface area contributed by atoms with Gasteiger partial charge in [-0.05, 0) is 13.3 Å². The molecule has 0 spiro atoms. The van der Waals surface area contributed by atoms with Crippen molar-refractivity contribution >= 4 is 34.8 Å². The first-order valence-electron chi connectivity index (χ1n) is 5.32. The third-order valence-corrected chi connectivity index (χ3v) is 2.36. The molecule has 17 heavy (non-hydrogen) atoms. The van der Waals surface area contributed by atoms with E-state index < -0.39 is 0 Å². The Morgan fingerprint density at radius 3 is 2.65 bits per heavy atom. The summed E-state index contributed by atoms with van der Waals surface area (Å²) >= 11 is 0. The van der Waals surface area contributed by atoms with Crippen molar-refractivity contribution in [3.8, 4) is 0 Å². The highest BCUT2D eigenvalue weighted by atomic mass is 79.9. The number of rotatable bonds is 5. The molecule has 1 aliphatic heterocycles. The highest BCUT2D eigenvalue weighted by molar-refractivity contribution is 8.93. The zero-order valence-corrected chi connectivity index (χ0v) is 11.8. The van der Waals surface area contributed by atoms with Crippen LogP contribution in [-0.4, -0.2) is 54.4 Å². The van der Waals surface area contributed by atoms with E-state index >= 15 is 0 Å². The van der Waals surface area contributed by atoms with Gasteiger partial charge in [0, 0.05) is 20.0 Å². The van der Waals surface area contributed by atoms with Crippen LogP contribution in [-0.2, 0) is 14.3 Å². The van der Waals surface area contributed by atoms with Crippen molar-refractivity contribution in [2.24, 2.45) is 0 Å². The zero-order valence-electron chi connectivity index (χ0n) is 10.1. The van der Waals surface area contributed by atoms with Gasteiger partial charge >= 0.3 is 5.97 Å². The lowest BCUT2D eigenvalue weighted by Gasteiger charge is -2.16. The van der Waals surface area contributed by atoms with Crippen molar-refractivity contribution in [1.82, 2.24) is 9.80 Å². The number of amides is 1. The average molecular weight is 308 g/mol. The highest BCUT2D eigenvalue weighted by Gasteiger charge is 2.29. The lowest BCUT2D eigenvalue weighted by Crippen LogP contribution is -2.33.